The Morgan fingerprint density at radius 3 is 2.41 bits per heavy atom. The average molecular weight is 625 g/mol. The predicted octanol–water partition coefficient (Wildman–Crippen LogP) is 6.83. The molecular formula is C34H30ClFN6OS. The minimum Gasteiger partial charge on any atom is -0.368 e. The molecule has 6 rings (SSSR count). The molecule has 3 aromatic carbocycles. The van der Waals surface area contributed by atoms with E-state index in [1.807, 2.05) is 47.8 Å². The van der Waals surface area contributed by atoms with Gasteiger partial charge in [-0.05, 0) is 71.8 Å². The van der Waals surface area contributed by atoms with Gasteiger partial charge in [-0.3, -0.25) is 4.79 Å². The molecule has 7 nitrogen and oxygen atoms in total. The van der Waals surface area contributed by atoms with Crippen LogP contribution in [0.5, 0.6) is 0 Å². The fourth-order valence-corrected chi connectivity index (χ4v) is 6.43. The summed E-state index contributed by atoms with van der Waals surface area (Å²) in [4.78, 5) is 24.3. The molecule has 10 heteroatoms. The van der Waals surface area contributed by atoms with Crippen molar-refractivity contribution in [2.45, 2.75) is 19.6 Å². The molecule has 3 heterocycles. The summed E-state index contributed by atoms with van der Waals surface area (Å²) in [5.41, 5.74) is 5.69. The third-order valence-corrected chi connectivity index (χ3v) is 9.00. The normalized spacial score (nSPS) is 13.1. The molecule has 2 aromatic heterocycles. The number of hydrogen-bond acceptors (Lipinski definition) is 6. The molecule has 0 bridgehead atoms. The Kier molecular flexibility index (Phi) is 8.91. The summed E-state index contributed by atoms with van der Waals surface area (Å²) < 4.78 is 16.8. The van der Waals surface area contributed by atoms with E-state index in [4.69, 9.17) is 16.9 Å². The van der Waals surface area contributed by atoms with Crippen LogP contribution in [0.15, 0.2) is 97.5 Å². The first-order chi connectivity index (χ1) is 21.4. The Balaban J connectivity index is 1.17. The van der Waals surface area contributed by atoms with Gasteiger partial charge < -0.3 is 19.3 Å². The number of thiophene rings is 1. The lowest BCUT2D eigenvalue weighted by atomic mass is 10.1. The Labute approximate surface area is 265 Å². The fourth-order valence-electron chi connectivity index (χ4n) is 5.42. The molecule has 0 aliphatic carbocycles. The lowest BCUT2D eigenvalue weighted by molar-refractivity contribution is 0.0751. The first kappa shape index (κ1) is 29.4. The lowest BCUT2D eigenvalue weighted by Crippen LogP contribution is -2.48. The van der Waals surface area contributed by atoms with Crippen molar-refractivity contribution in [3.05, 3.63) is 135 Å². The monoisotopic (exact) mass is 624 g/mol. The van der Waals surface area contributed by atoms with Crippen molar-refractivity contribution in [3.8, 4) is 6.07 Å². The first-order valence-electron chi connectivity index (χ1n) is 14.3. The molecule has 1 saturated heterocycles. The minimum absolute atomic E-state index is 0.0308. The quantitative estimate of drug-likeness (QED) is 0.180. The fraction of sp³-hybridized carbons (Fsp3) is 0.206. The minimum atomic E-state index is -0.261. The molecule has 1 aliphatic rings. The molecule has 0 spiro atoms. The Hall–Kier alpha value is -4.65. The topological polar surface area (TPSA) is 68.4 Å². The number of anilines is 2. The zero-order valence-electron chi connectivity index (χ0n) is 23.9. The highest BCUT2D eigenvalue weighted by Crippen LogP contribution is 2.27. The molecule has 1 amide bonds. The van der Waals surface area contributed by atoms with Gasteiger partial charge in [-0.2, -0.15) is 5.26 Å². The largest absolute Gasteiger partial charge is 0.368 e. The number of nitrogens with zero attached hydrogens (tertiary/aromatic N) is 6. The van der Waals surface area contributed by atoms with Gasteiger partial charge in [0, 0.05) is 56.8 Å². The molecule has 0 radical (unpaired) electrons. The summed E-state index contributed by atoms with van der Waals surface area (Å²) in [5.74, 6) is -0.230. The van der Waals surface area contributed by atoms with Gasteiger partial charge in [0.25, 0.3) is 5.91 Å². The van der Waals surface area contributed by atoms with Crippen molar-refractivity contribution in [2.75, 3.05) is 36.0 Å². The maximum Gasteiger partial charge on any atom is 0.264 e. The van der Waals surface area contributed by atoms with Gasteiger partial charge in [-0.15, -0.1) is 11.3 Å². The highest BCUT2D eigenvalue weighted by Gasteiger charge is 2.23. The number of hydrogen-bond donors (Lipinski definition) is 0. The number of carbonyl (C=O) groups excluding carboxylic acids is 1. The summed E-state index contributed by atoms with van der Waals surface area (Å²) in [6, 6.07) is 28.4. The Morgan fingerprint density at radius 2 is 1.73 bits per heavy atom. The summed E-state index contributed by atoms with van der Waals surface area (Å²) >= 11 is 7.34. The third-order valence-electron chi connectivity index (χ3n) is 7.78. The van der Waals surface area contributed by atoms with Crippen molar-refractivity contribution in [3.63, 3.8) is 0 Å². The second-order valence-corrected chi connectivity index (χ2v) is 12.4. The van der Waals surface area contributed by atoms with E-state index < -0.39 is 0 Å². The maximum atomic E-state index is 14.1. The van der Waals surface area contributed by atoms with Crippen LogP contribution < -0.4 is 9.80 Å². The van der Waals surface area contributed by atoms with E-state index >= 15 is 0 Å². The standard InChI is InChI=1S/C34H30ClFN6OS/c35-33-13-12-32(44-33)34(43)40-16-14-39(15-17-40)29-8-10-30(11-9-29)41(22-27-2-1-3-28(36)18-27)23-31-20-38-24-42(31)21-26-6-4-25(19-37)5-7-26/h1-13,18,20,24H,14-17,21-23H2. The van der Waals surface area contributed by atoms with Gasteiger partial charge in [0.2, 0.25) is 0 Å². The van der Waals surface area contributed by atoms with Gasteiger partial charge in [-0.25, -0.2) is 9.37 Å². The van der Waals surface area contributed by atoms with Crippen LogP contribution in [0.2, 0.25) is 4.34 Å². The molecule has 1 aliphatic heterocycles. The number of benzene rings is 3. The second-order valence-electron chi connectivity index (χ2n) is 10.7. The summed E-state index contributed by atoms with van der Waals surface area (Å²) in [5, 5.41) is 9.12. The maximum absolute atomic E-state index is 14.1. The molecule has 0 unspecified atom stereocenters. The molecule has 44 heavy (non-hydrogen) atoms. The van der Waals surface area contributed by atoms with E-state index in [-0.39, 0.29) is 11.7 Å². The summed E-state index contributed by atoms with van der Waals surface area (Å²) in [7, 11) is 0. The van der Waals surface area contributed by atoms with Gasteiger partial charge in [0.1, 0.15) is 5.82 Å². The molecule has 222 valence electrons. The van der Waals surface area contributed by atoms with Crippen LogP contribution in [-0.4, -0.2) is 46.5 Å². The zero-order valence-corrected chi connectivity index (χ0v) is 25.5. The molecular weight excluding hydrogens is 595 g/mol. The summed E-state index contributed by atoms with van der Waals surface area (Å²) in [6.45, 7) is 4.49. The van der Waals surface area contributed by atoms with Gasteiger partial charge in [-0.1, -0.05) is 35.9 Å². The Bertz CT molecular complexity index is 1770. The van der Waals surface area contributed by atoms with Crippen molar-refractivity contribution in [1.82, 2.24) is 14.5 Å². The number of nitriles is 1. The van der Waals surface area contributed by atoms with Crippen molar-refractivity contribution in [2.24, 2.45) is 0 Å². The van der Waals surface area contributed by atoms with E-state index in [0.717, 1.165) is 41.3 Å². The number of carbonyl (C=O) groups is 1. The van der Waals surface area contributed by atoms with Gasteiger partial charge in [0.05, 0.1) is 39.4 Å². The number of rotatable bonds is 9. The number of aromatic nitrogens is 2. The van der Waals surface area contributed by atoms with Crippen molar-refractivity contribution < 1.29 is 9.18 Å². The molecule has 5 aromatic rings. The number of amides is 1. The summed E-state index contributed by atoms with van der Waals surface area (Å²) in [6.07, 6.45) is 3.68. The van der Waals surface area contributed by atoms with E-state index in [2.05, 4.69) is 49.7 Å². The first-order valence-corrected chi connectivity index (χ1v) is 15.5. The second kappa shape index (κ2) is 13.3. The highest BCUT2D eigenvalue weighted by molar-refractivity contribution is 7.17. The van der Waals surface area contributed by atoms with Crippen LogP contribution in [0.3, 0.4) is 0 Å². The molecule has 0 N–H and O–H groups in total. The number of halogens is 2. The van der Waals surface area contributed by atoms with Crippen LogP contribution >= 0.6 is 22.9 Å². The van der Waals surface area contributed by atoms with Crippen LogP contribution in [0.4, 0.5) is 15.8 Å². The SMILES string of the molecule is N#Cc1ccc(Cn2cncc2CN(Cc2cccc(F)c2)c2ccc(N3CCN(C(=O)c4ccc(Cl)s4)CC3)cc2)cc1. The number of imidazole rings is 1. The molecule has 0 saturated carbocycles. The third kappa shape index (κ3) is 6.94. The smallest absolute Gasteiger partial charge is 0.264 e. The average Bonchev–Trinajstić information content (AvgIpc) is 3.69. The van der Waals surface area contributed by atoms with E-state index in [1.54, 1.807) is 24.3 Å². The lowest BCUT2D eigenvalue weighted by Gasteiger charge is -2.36. The van der Waals surface area contributed by atoms with Crippen molar-refractivity contribution >= 4 is 40.2 Å². The van der Waals surface area contributed by atoms with E-state index in [1.165, 1.54) is 17.4 Å². The van der Waals surface area contributed by atoms with Crippen LogP contribution in [0.1, 0.15) is 32.1 Å². The van der Waals surface area contributed by atoms with Crippen LogP contribution in [0.25, 0.3) is 0 Å². The van der Waals surface area contributed by atoms with E-state index in [0.29, 0.717) is 47.5 Å². The Morgan fingerprint density at radius 1 is 0.955 bits per heavy atom. The predicted molar refractivity (Wildman–Crippen MR) is 173 cm³/mol. The molecule has 1 fully saturated rings. The van der Waals surface area contributed by atoms with E-state index in [9.17, 15) is 9.18 Å². The van der Waals surface area contributed by atoms with Crippen LogP contribution in [-0.2, 0) is 19.6 Å². The van der Waals surface area contributed by atoms with Crippen molar-refractivity contribution in [1.29, 1.82) is 5.26 Å². The van der Waals surface area contributed by atoms with Crippen LogP contribution in [0, 0.1) is 17.1 Å². The van der Waals surface area contributed by atoms with Gasteiger partial charge >= 0.3 is 0 Å². The highest BCUT2D eigenvalue weighted by atomic mass is 35.5. The molecule has 0 atom stereocenters. The van der Waals surface area contributed by atoms with Gasteiger partial charge in [0.15, 0.2) is 0 Å². The zero-order chi connectivity index (χ0) is 30.5. The number of piperazine rings is 1.